The third-order valence-corrected chi connectivity index (χ3v) is 3.89. The lowest BCUT2D eigenvalue weighted by Crippen LogP contribution is -2.39. The summed E-state index contributed by atoms with van der Waals surface area (Å²) in [5.41, 5.74) is 4.04. The van der Waals surface area contributed by atoms with Crippen molar-refractivity contribution in [1.82, 2.24) is 5.32 Å². The van der Waals surface area contributed by atoms with Crippen LogP contribution in [0.2, 0.25) is 0 Å². The maximum absolute atomic E-state index is 12.9. The molecule has 1 N–H and O–H groups in total. The lowest BCUT2D eigenvalue weighted by atomic mass is 10.1. The average Bonchev–Trinajstić information content (AvgIpc) is 2.66. The molecule has 1 aliphatic rings. The van der Waals surface area contributed by atoms with Crippen LogP contribution in [-0.2, 0) is 6.54 Å². The molecule has 21 heavy (non-hydrogen) atoms. The predicted molar refractivity (Wildman–Crippen MR) is 85.6 cm³/mol. The van der Waals surface area contributed by atoms with E-state index in [0.29, 0.717) is 6.54 Å². The molecule has 0 aliphatic carbocycles. The number of anilines is 1. The molecule has 0 bridgehead atoms. The molecule has 0 spiro atoms. The van der Waals surface area contributed by atoms with Gasteiger partial charge in [0.2, 0.25) is 0 Å². The minimum atomic E-state index is 0.0710. The number of rotatable bonds is 1. The third-order valence-electron chi connectivity index (χ3n) is 3.89. The van der Waals surface area contributed by atoms with Gasteiger partial charge in [0.05, 0.1) is 0 Å². The summed E-state index contributed by atoms with van der Waals surface area (Å²) in [6.45, 7) is 5.61. The predicted octanol–water partition coefficient (Wildman–Crippen LogP) is 3.13. The van der Waals surface area contributed by atoms with Crippen molar-refractivity contribution in [3.8, 4) is 0 Å². The zero-order valence-corrected chi connectivity index (χ0v) is 12.5. The van der Waals surface area contributed by atoms with E-state index in [2.05, 4.69) is 18.3 Å². The molecular formula is C18H20N2O. The first-order chi connectivity index (χ1) is 10.1. The second-order valence-electron chi connectivity index (χ2n) is 5.70. The Bertz CT molecular complexity index is 666. The highest BCUT2D eigenvalue weighted by molar-refractivity contribution is 6.06. The highest BCUT2D eigenvalue weighted by Crippen LogP contribution is 2.25. The Morgan fingerprint density at radius 1 is 1.19 bits per heavy atom. The summed E-state index contributed by atoms with van der Waals surface area (Å²) in [7, 11) is 0. The molecular weight excluding hydrogens is 260 g/mol. The van der Waals surface area contributed by atoms with Gasteiger partial charge in [0.1, 0.15) is 0 Å². The number of benzene rings is 2. The average molecular weight is 280 g/mol. The number of carbonyl (C=O) groups is 1. The number of nitrogens with zero attached hydrogens (tertiary/aromatic N) is 1. The molecule has 0 saturated heterocycles. The molecule has 2 aromatic rings. The van der Waals surface area contributed by atoms with Crippen LogP contribution in [0.25, 0.3) is 0 Å². The second kappa shape index (κ2) is 5.70. The number of aryl methyl sites for hydroxylation is 1. The van der Waals surface area contributed by atoms with Crippen LogP contribution in [0.15, 0.2) is 48.5 Å². The van der Waals surface area contributed by atoms with Gasteiger partial charge >= 0.3 is 0 Å². The van der Waals surface area contributed by atoms with Gasteiger partial charge < -0.3 is 10.2 Å². The fourth-order valence-corrected chi connectivity index (χ4v) is 2.77. The summed E-state index contributed by atoms with van der Waals surface area (Å²) < 4.78 is 0. The van der Waals surface area contributed by atoms with E-state index in [1.54, 1.807) is 0 Å². The molecule has 1 heterocycles. The summed E-state index contributed by atoms with van der Waals surface area (Å²) in [6.07, 6.45) is 0. The summed E-state index contributed by atoms with van der Waals surface area (Å²) in [6, 6.07) is 16.2. The standard InChI is InChI=1S/C18H20N2O/c1-13-6-5-8-15(10-13)18(21)20-12-14(2)19-11-16-7-3-4-9-17(16)20/h3-10,14,19H,11-12H2,1-2H3. The Morgan fingerprint density at radius 2 is 2.00 bits per heavy atom. The molecule has 0 saturated carbocycles. The molecule has 3 rings (SSSR count). The first-order valence-electron chi connectivity index (χ1n) is 7.35. The number of fused-ring (bicyclic) bond motifs is 1. The van der Waals surface area contributed by atoms with Crippen molar-refractivity contribution < 1.29 is 4.79 Å². The van der Waals surface area contributed by atoms with Crippen molar-refractivity contribution in [3.63, 3.8) is 0 Å². The lowest BCUT2D eigenvalue weighted by molar-refractivity contribution is 0.0985. The molecule has 0 radical (unpaired) electrons. The SMILES string of the molecule is Cc1cccc(C(=O)N2CC(C)NCc3ccccc32)c1. The smallest absolute Gasteiger partial charge is 0.258 e. The number of para-hydroxylation sites is 1. The number of hydrogen-bond donors (Lipinski definition) is 1. The van der Waals surface area contributed by atoms with Gasteiger partial charge in [-0.1, -0.05) is 35.9 Å². The molecule has 3 nitrogen and oxygen atoms in total. The zero-order valence-electron chi connectivity index (χ0n) is 12.5. The van der Waals surface area contributed by atoms with E-state index in [4.69, 9.17) is 0 Å². The zero-order chi connectivity index (χ0) is 14.8. The fourth-order valence-electron chi connectivity index (χ4n) is 2.77. The summed E-state index contributed by atoms with van der Waals surface area (Å²) in [5.74, 6) is 0.0710. The summed E-state index contributed by atoms with van der Waals surface area (Å²) in [4.78, 5) is 14.8. The summed E-state index contributed by atoms with van der Waals surface area (Å²) in [5, 5.41) is 3.45. The van der Waals surface area contributed by atoms with Crippen molar-refractivity contribution in [2.75, 3.05) is 11.4 Å². The van der Waals surface area contributed by atoms with E-state index in [-0.39, 0.29) is 11.9 Å². The van der Waals surface area contributed by atoms with Crippen LogP contribution in [0.3, 0.4) is 0 Å². The minimum absolute atomic E-state index is 0.0710. The van der Waals surface area contributed by atoms with Gasteiger partial charge in [-0.2, -0.15) is 0 Å². The first kappa shape index (κ1) is 13.8. The Morgan fingerprint density at radius 3 is 2.81 bits per heavy atom. The number of nitrogens with one attached hydrogen (secondary N) is 1. The molecule has 108 valence electrons. The van der Waals surface area contributed by atoms with Crippen LogP contribution < -0.4 is 10.2 Å². The topological polar surface area (TPSA) is 32.3 Å². The Balaban J connectivity index is 2.01. The quantitative estimate of drug-likeness (QED) is 0.870. The Hall–Kier alpha value is -2.13. The van der Waals surface area contributed by atoms with Gasteiger partial charge in [-0.3, -0.25) is 4.79 Å². The Labute approximate surface area is 125 Å². The molecule has 1 unspecified atom stereocenters. The van der Waals surface area contributed by atoms with Crippen LogP contribution in [0.4, 0.5) is 5.69 Å². The maximum atomic E-state index is 12.9. The van der Waals surface area contributed by atoms with Gasteiger partial charge in [0, 0.05) is 30.4 Å². The van der Waals surface area contributed by atoms with Crippen LogP contribution >= 0.6 is 0 Å². The Kier molecular flexibility index (Phi) is 3.76. The number of carbonyl (C=O) groups excluding carboxylic acids is 1. The van der Waals surface area contributed by atoms with E-state index in [1.807, 2.05) is 54.3 Å². The monoisotopic (exact) mass is 280 g/mol. The molecule has 2 aromatic carbocycles. The van der Waals surface area contributed by atoms with Crippen molar-refractivity contribution in [2.24, 2.45) is 0 Å². The third kappa shape index (κ3) is 2.83. The molecule has 1 amide bonds. The van der Waals surface area contributed by atoms with Crippen LogP contribution in [0.5, 0.6) is 0 Å². The highest BCUT2D eigenvalue weighted by Gasteiger charge is 2.24. The molecule has 0 aromatic heterocycles. The maximum Gasteiger partial charge on any atom is 0.258 e. The largest absolute Gasteiger partial charge is 0.308 e. The van der Waals surface area contributed by atoms with Gasteiger partial charge in [-0.15, -0.1) is 0 Å². The van der Waals surface area contributed by atoms with E-state index >= 15 is 0 Å². The molecule has 1 atom stereocenters. The van der Waals surface area contributed by atoms with Crippen molar-refractivity contribution in [2.45, 2.75) is 26.4 Å². The first-order valence-corrected chi connectivity index (χ1v) is 7.35. The van der Waals surface area contributed by atoms with Crippen LogP contribution in [0.1, 0.15) is 28.4 Å². The van der Waals surface area contributed by atoms with Crippen molar-refractivity contribution >= 4 is 11.6 Å². The van der Waals surface area contributed by atoms with Crippen LogP contribution in [0, 0.1) is 6.92 Å². The second-order valence-corrected chi connectivity index (χ2v) is 5.70. The molecule has 0 fully saturated rings. The lowest BCUT2D eigenvalue weighted by Gasteiger charge is -2.24. The van der Waals surface area contributed by atoms with Crippen LogP contribution in [-0.4, -0.2) is 18.5 Å². The van der Waals surface area contributed by atoms with Gasteiger partial charge in [-0.05, 0) is 37.6 Å². The van der Waals surface area contributed by atoms with Crippen molar-refractivity contribution in [3.05, 3.63) is 65.2 Å². The fraction of sp³-hybridized carbons (Fsp3) is 0.278. The van der Waals surface area contributed by atoms with Gasteiger partial charge in [0.15, 0.2) is 0 Å². The van der Waals surface area contributed by atoms with Crippen molar-refractivity contribution in [1.29, 1.82) is 0 Å². The van der Waals surface area contributed by atoms with E-state index in [1.165, 1.54) is 5.56 Å². The summed E-state index contributed by atoms with van der Waals surface area (Å²) >= 11 is 0. The highest BCUT2D eigenvalue weighted by atomic mass is 16.2. The minimum Gasteiger partial charge on any atom is -0.308 e. The van der Waals surface area contributed by atoms with E-state index in [9.17, 15) is 4.79 Å². The van der Waals surface area contributed by atoms with E-state index < -0.39 is 0 Å². The number of hydrogen-bond acceptors (Lipinski definition) is 2. The van der Waals surface area contributed by atoms with Gasteiger partial charge in [-0.25, -0.2) is 0 Å². The molecule has 3 heteroatoms. The van der Waals surface area contributed by atoms with E-state index in [0.717, 1.165) is 23.4 Å². The molecule has 1 aliphatic heterocycles. The normalized spacial score (nSPS) is 18.0. The van der Waals surface area contributed by atoms with Gasteiger partial charge in [0.25, 0.3) is 5.91 Å². The number of amides is 1.